The van der Waals surface area contributed by atoms with Crippen molar-refractivity contribution >= 4 is 68.4 Å². The van der Waals surface area contributed by atoms with Crippen molar-refractivity contribution in [3.05, 3.63) is 193 Å². The molecule has 0 atom stereocenters. The van der Waals surface area contributed by atoms with Gasteiger partial charge in [-0.15, -0.1) is 0 Å². The van der Waals surface area contributed by atoms with Crippen LogP contribution in [0.2, 0.25) is 0 Å². The maximum absolute atomic E-state index is 16.4. The van der Waals surface area contributed by atoms with Gasteiger partial charge < -0.3 is 4.57 Å². The van der Waals surface area contributed by atoms with Crippen molar-refractivity contribution in [2.24, 2.45) is 0 Å². The molecule has 0 saturated heterocycles. The lowest BCUT2D eigenvalue weighted by atomic mass is 9.90. The van der Waals surface area contributed by atoms with E-state index in [-0.39, 0.29) is 0 Å². The van der Waals surface area contributed by atoms with Crippen LogP contribution in [-0.2, 0) is 4.57 Å². The minimum atomic E-state index is -3.39. The minimum absolute atomic E-state index is 0.837. The first-order valence-corrected chi connectivity index (χ1v) is 21.8. The summed E-state index contributed by atoms with van der Waals surface area (Å²) in [7, 11) is -4.38. The van der Waals surface area contributed by atoms with Gasteiger partial charge in [-0.2, -0.15) is 0 Å². The van der Waals surface area contributed by atoms with Crippen LogP contribution in [-0.4, -0.2) is 0 Å². The SMILES string of the molecule is CC.CC.Cc1cc(P(c2ccccc2)c2ccccc2)c(-c2c(P(=O)(c3ccccc3)c3ccccc3)cc(C)c3ccccc23)c2ccccc12. The van der Waals surface area contributed by atoms with Crippen molar-refractivity contribution in [1.82, 2.24) is 0 Å². The van der Waals surface area contributed by atoms with Crippen LogP contribution in [0.3, 0.4) is 0 Å². The van der Waals surface area contributed by atoms with E-state index in [1.165, 1.54) is 43.2 Å². The Kier molecular flexibility index (Phi) is 12.2. The molecule has 0 unspecified atom stereocenters. The molecular weight excluding hydrogens is 678 g/mol. The number of hydrogen-bond donors (Lipinski definition) is 0. The molecule has 8 aromatic carbocycles. The molecule has 53 heavy (non-hydrogen) atoms. The normalized spacial score (nSPS) is 11.1. The smallest absolute Gasteiger partial charge is 0.171 e. The molecule has 1 nitrogen and oxygen atoms in total. The summed E-state index contributed by atoms with van der Waals surface area (Å²) >= 11 is 0. The molecule has 0 radical (unpaired) electrons. The molecule has 0 fully saturated rings. The van der Waals surface area contributed by atoms with Crippen LogP contribution in [0.1, 0.15) is 38.8 Å². The average molecular weight is 727 g/mol. The summed E-state index contributed by atoms with van der Waals surface area (Å²) in [6, 6.07) is 64.1. The number of hydrogen-bond acceptors (Lipinski definition) is 1. The van der Waals surface area contributed by atoms with Gasteiger partial charge in [-0.25, -0.2) is 0 Å². The molecule has 0 N–H and O–H groups in total. The zero-order valence-corrected chi connectivity index (χ0v) is 33.4. The fourth-order valence-electron chi connectivity index (χ4n) is 7.31. The summed E-state index contributed by atoms with van der Waals surface area (Å²) in [4.78, 5) is 0. The first-order chi connectivity index (χ1) is 26.1. The predicted molar refractivity (Wildman–Crippen MR) is 237 cm³/mol. The van der Waals surface area contributed by atoms with Gasteiger partial charge in [0.1, 0.15) is 0 Å². The van der Waals surface area contributed by atoms with E-state index in [1.54, 1.807) is 0 Å². The van der Waals surface area contributed by atoms with Crippen molar-refractivity contribution in [1.29, 1.82) is 0 Å². The highest BCUT2D eigenvalue weighted by Crippen LogP contribution is 2.50. The Bertz CT molecular complexity index is 2390. The Balaban J connectivity index is 0.00000116. The first-order valence-electron chi connectivity index (χ1n) is 18.7. The zero-order valence-electron chi connectivity index (χ0n) is 31.6. The largest absolute Gasteiger partial charge is 0.309 e. The number of benzene rings is 8. The molecule has 0 saturated carbocycles. The van der Waals surface area contributed by atoms with E-state index in [2.05, 4.69) is 135 Å². The molecule has 264 valence electrons. The molecule has 0 aromatic heterocycles. The van der Waals surface area contributed by atoms with Crippen molar-refractivity contribution < 1.29 is 4.57 Å². The molecule has 8 rings (SSSR count). The molecule has 0 amide bonds. The maximum Gasteiger partial charge on any atom is 0.171 e. The van der Waals surface area contributed by atoms with Crippen molar-refractivity contribution in [3.8, 4) is 11.1 Å². The standard InChI is InChI=1S/C46H36OP2.2C2H6/c1-33-31-43(48(35-19-7-3-8-20-35)36-21-9-4-10-22-36)45(41-29-17-15-27-39(33)41)46-42-30-18-16-28-40(42)34(2)32-44(46)49(47,37-23-11-5-12-24-37)38-25-13-6-14-26-38;2*1-2/h3-32H,1-2H3;2*1-2H3. The molecule has 0 bridgehead atoms. The predicted octanol–water partition coefficient (Wildman–Crippen LogP) is 11.7. The van der Waals surface area contributed by atoms with Gasteiger partial charge in [-0.3, -0.25) is 0 Å². The van der Waals surface area contributed by atoms with Crippen molar-refractivity contribution in [2.45, 2.75) is 41.5 Å². The van der Waals surface area contributed by atoms with Crippen LogP contribution in [0.25, 0.3) is 32.7 Å². The van der Waals surface area contributed by atoms with E-state index < -0.39 is 15.1 Å². The van der Waals surface area contributed by atoms with Crippen LogP contribution in [0, 0.1) is 13.8 Å². The second kappa shape index (κ2) is 17.2. The molecule has 0 aliphatic heterocycles. The van der Waals surface area contributed by atoms with Crippen LogP contribution >= 0.6 is 15.1 Å². The third-order valence-electron chi connectivity index (χ3n) is 9.56. The van der Waals surface area contributed by atoms with E-state index in [0.29, 0.717) is 0 Å². The van der Waals surface area contributed by atoms with Crippen LogP contribution in [0.5, 0.6) is 0 Å². The summed E-state index contributed by atoms with van der Waals surface area (Å²) in [5.41, 5.74) is 4.58. The van der Waals surface area contributed by atoms with Gasteiger partial charge in [0.2, 0.25) is 0 Å². The molecule has 0 aliphatic rings. The number of rotatable bonds is 7. The second-order valence-corrected chi connectivity index (χ2v) is 17.5. The minimum Gasteiger partial charge on any atom is -0.309 e. The van der Waals surface area contributed by atoms with E-state index >= 15 is 4.57 Å². The number of fused-ring (bicyclic) bond motifs is 2. The zero-order chi connectivity index (χ0) is 37.4. The monoisotopic (exact) mass is 726 g/mol. The van der Waals surface area contributed by atoms with Crippen molar-refractivity contribution in [2.75, 3.05) is 0 Å². The lowest BCUT2D eigenvalue weighted by molar-refractivity contribution is 0.592. The average Bonchev–Trinajstić information content (AvgIpc) is 3.24. The maximum atomic E-state index is 16.4. The fourth-order valence-corrected chi connectivity index (χ4v) is 12.8. The highest BCUT2D eigenvalue weighted by Gasteiger charge is 2.35. The molecule has 0 heterocycles. The van der Waals surface area contributed by atoms with Crippen LogP contribution in [0.15, 0.2) is 182 Å². The fraction of sp³-hybridized carbons (Fsp3) is 0.120. The third kappa shape index (κ3) is 7.18. The Labute approximate surface area is 317 Å². The van der Waals surface area contributed by atoms with Crippen LogP contribution < -0.4 is 31.8 Å². The lowest BCUT2D eigenvalue weighted by Gasteiger charge is -2.29. The highest BCUT2D eigenvalue weighted by molar-refractivity contribution is 7.85. The molecule has 0 spiro atoms. The van der Waals surface area contributed by atoms with E-state index in [0.717, 1.165) is 32.4 Å². The number of aryl methyl sites for hydroxylation is 2. The molecule has 3 heteroatoms. The topological polar surface area (TPSA) is 17.1 Å². The Morgan fingerprint density at radius 3 is 1.17 bits per heavy atom. The van der Waals surface area contributed by atoms with Gasteiger partial charge in [-0.05, 0) is 88.1 Å². The quantitative estimate of drug-likeness (QED) is 0.149. The van der Waals surface area contributed by atoms with Gasteiger partial charge in [0, 0.05) is 21.5 Å². The summed E-state index contributed by atoms with van der Waals surface area (Å²) in [6.07, 6.45) is 0. The van der Waals surface area contributed by atoms with Gasteiger partial charge in [0.25, 0.3) is 0 Å². The Morgan fingerprint density at radius 2 is 0.736 bits per heavy atom. The van der Waals surface area contributed by atoms with Gasteiger partial charge in [-0.1, -0.05) is 198 Å². The molecular formula is C50H48OP2. The lowest BCUT2D eigenvalue weighted by Crippen LogP contribution is -2.29. The molecule has 0 aliphatic carbocycles. The van der Waals surface area contributed by atoms with Crippen molar-refractivity contribution in [3.63, 3.8) is 0 Å². The highest BCUT2D eigenvalue weighted by atomic mass is 31.2. The summed E-state index contributed by atoms with van der Waals surface area (Å²) in [5, 5.41) is 11.1. The Morgan fingerprint density at radius 1 is 0.396 bits per heavy atom. The van der Waals surface area contributed by atoms with Crippen LogP contribution in [0.4, 0.5) is 0 Å². The summed E-state index contributed by atoms with van der Waals surface area (Å²) < 4.78 is 16.4. The van der Waals surface area contributed by atoms with Gasteiger partial charge >= 0.3 is 0 Å². The summed E-state index contributed by atoms with van der Waals surface area (Å²) in [5.74, 6) is 0. The van der Waals surface area contributed by atoms with E-state index in [9.17, 15) is 0 Å². The second-order valence-electron chi connectivity index (χ2n) is 12.6. The summed E-state index contributed by atoms with van der Waals surface area (Å²) in [6.45, 7) is 12.4. The molecule has 8 aromatic rings. The van der Waals surface area contributed by atoms with Gasteiger partial charge in [0.05, 0.1) is 0 Å². The van der Waals surface area contributed by atoms with Gasteiger partial charge in [0.15, 0.2) is 7.14 Å². The Hall–Kier alpha value is -5.06. The van der Waals surface area contributed by atoms with E-state index in [4.69, 9.17) is 0 Å². The van der Waals surface area contributed by atoms with E-state index in [1.807, 2.05) is 88.4 Å². The third-order valence-corrected chi connectivity index (χ3v) is 15.1. The first kappa shape index (κ1) is 37.7.